The number of aldehydes is 1. The average molecular weight is 192 g/mol. The van der Waals surface area contributed by atoms with Gasteiger partial charge in [0, 0.05) is 24.9 Å². The lowest BCUT2D eigenvalue weighted by atomic mass is 10.1. The Labute approximate surface area is 80.1 Å². The summed E-state index contributed by atoms with van der Waals surface area (Å²) < 4.78 is 15.0. The average Bonchev–Trinajstić information content (AvgIpc) is 2.50. The van der Waals surface area contributed by atoms with Gasteiger partial charge in [-0.05, 0) is 11.6 Å². The van der Waals surface area contributed by atoms with Crippen molar-refractivity contribution in [1.82, 2.24) is 9.78 Å². The third kappa shape index (κ3) is 1.28. The number of nitrogens with zero attached hydrogens (tertiary/aromatic N) is 2. The molecule has 4 heteroatoms. The monoisotopic (exact) mass is 192 g/mol. The second-order valence-electron chi connectivity index (χ2n) is 3.14. The van der Waals surface area contributed by atoms with Gasteiger partial charge in [-0.15, -0.1) is 0 Å². The predicted molar refractivity (Wildman–Crippen MR) is 50.4 cm³/mol. The SMILES string of the molecule is Cn1ncc2cc(CC=O)c(F)cc21. The molecule has 0 bridgehead atoms. The largest absolute Gasteiger partial charge is 0.303 e. The van der Waals surface area contributed by atoms with Crippen LogP contribution in [-0.2, 0) is 18.3 Å². The van der Waals surface area contributed by atoms with Gasteiger partial charge in [-0.3, -0.25) is 4.68 Å². The molecule has 0 spiro atoms. The predicted octanol–water partition coefficient (Wildman–Crippen LogP) is 1.45. The van der Waals surface area contributed by atoms with Gasteiger partial charge in [0.2, 0.25) is 0 Å². The molecule has 0 saturated carbocycles. The molecule has 0 N–H and O–H groups in total. The molecule has 1 heterocycles. The lowest BCUT2D eigenvalue weighted by Crippen LogP contribution is -1.94. The molecular formula is C10H9FN2O. The third-order valence-corrected chi connectivity index (χ3v) is 2.22. The van der Waals surface area contributed by atoms with Crippen molar-refractivity contribution in [3.63, 3.8) is 0 Å². The van der Waals surface area contributed by atoms with Crippen molar-refractivity contribution in [2.75, 3.05) is 0 Å². The van der Waals surface area contributed by atoms with Crippen LogP contribution in [0.15, 0.2) is 18.3 Å². The zero-order valence-electron chi connectivity index (χ0n) is 7.70. The van der Waals surface area contributed by atoms with E-state index in [1.807, 2.05) is 0 Å². The number of aromatic nitrogens is 2. The van der Waals surface area contributed by atoms with E-state index >= 15 is 0 Å². The summed E-state index contributed by atoms with van der Waals surface area (Å²) in [5.74, 6) is -0.354. The standard InChI is InChI=1S/C10H9FN2O/c1-13-10-5-9(11)7(2-3-14)4-8(10)6-12-13/h3-6H,2H2,1H3. The molecule has 0 aliphatic rings. The molecule has 14 heavy (non-hydrogen) atoms. The van der Waals surface area contributed by atoms with Crippen molar-refractivity contribution < 1.29 is 9.18 Å². The number of halogens is 1. The lowest BCUT2D eigenvalue weighted by Gasteiger charge is -1.99. The summed E-state index contributed by atoms with van der Waals surface area (Å²) >= 11 is 0. The molecular weight excluding hydrogens is 183 g/mol. The van der Waals surface area contributed by atoms with Gasteiger partial charge in [0.15, 0.2) is 0 Å². The Bertz CT molecular complexity index is 490. The number of hydrogen-bond acceptors (Lipinski definition) is 2. The highest BCUT2D eigenvalue weighted by atomic mass is 19.1. The van der Waals surface area contributed by atoms with Crippen LogP contribution in [-0.4, -0.2) is 16.1 Å². The zero-order valence-corrected chi connectivity index (χ0v) is 7.70. The van der Waals surface area contributed by atoms with E-state index in [1.165, 1.54) is 6.07 Å². The quantitative estimate of drug-likeness (QED) is 0.675. The maximum atomic E-state index is 13.4. The topological polar surface area (TPSA) is 34.9 Å². The summed E-state index contributed by atoms with van der Waals surface area (Å²) in [5.41, 5.74) is 1.15. The maximum absolute atomic E-state index is 13.4. The van der Waals surface area contributed by atoms with Crippen LogP contribution in [0.2, 0.25) is 0 Å². The number of hydrogen-bond donors (Lipinski definition) is 0. The van der Waals surface area contributed by atoms with Crippen LogP contribution in [0.5, 0.6) is 0 Å². The number of rotatable bonds is 2. The van der Waals surface area contributed by atoms with Crippen molar-refractivity contribution in [3.8, 4) is 0 Å². The molecule has 0 unspecified atom stereocenters. The first kappa shape index (κ1) is 8.87. The van der Waals surface area contributed by atoms with Gasteiger partial charge in [-0.25, -0.2) is 4.39 Å². The van der Waals surface area contributed by atoms with Gasteiger partial charge in [0.25, 0.3) is 0 Å². The maximum Gasteiger partial charge on any atom is 0.129 e. The Morgan fingerprint density at radius 2 is 2.36 bits per heavy atom. The molecule has 0 atom stereocenters. The van der Waals surface area contributed by atoms with E-state index in [4.69, 9.17) is 0 Å². The van der Waals surface area contributed by atoms with Crippen molar-refractivity contribution >= 4 is 17.2 Å². The lowest BCUT2D eigenvalue weighted by molar-refractivity contribution is -0.107. The van der Waals surface area contributed by atoms with Gasteiger partial charge >= 0.3 is 0 Å². The van der Waals surface area contributed by atoms with Crippen molar-refractivity contribution in [2.24, 2.45) is 7.05 Å². The molecule has 0 aliphatic carbocycles. The van der Waals surface area contributed by atoms with Crippen LogP contribution < -0.4 is 0 Å². The first-order valence-corrected chi connectivity index (χ1v) is 4.26. The van der Waals surface area contributed by atoms with Gasteiger partial charge < -0.3 is 4.79 Å². The molecule has 0 aliphatic heterocycles. The van der Waals surface area contributed by atoms with E-state index in [9.17, 15) is 9.18 Å². The van der Waals surface area contributed by atoms with Crippen LogP contribution in [0, 0.1) is 5.82 Å². The van der Waals surface area contributed by atoms with Gasteiger partial charge in [0.1, 0.15) is 12.1 Å². The summed E-state index contributed by atoms with van der Waals surface area (Å²) in [4.78, 5) is 10.3. The van der Waals surface area contributed by atoms with Crippen LogP contribution >= 0.6 is 0 Å². The highest BCUT2D eigenvalue weighted by Gasteiger charge is 2.06. The second kappa shape index (κ2) is 3.21. The minimum absolute atomic E-state index is 0.108. The fourth-order valence-corrected chi connectivity index (χ4v) is 1.47. The van der Waals surface area contributed by atoms with Crippen molar-refractivity contribution in [1.29, 1.82) is 0 Å². The van der Waals surface area contributed by atoms with E-state index in [1.54, 1.807) is 24.0 Å². The minimum Gasteiger partial charge on any atom is -0.303 e. The summed E-state index contributed by atoms with van der Waals surface area (Å²) in [5, 5.41) is 4.85. The second-order valence-corrected chi connectivity index (χ2v) is 3.14. The van der Waals surface area contributed by atoms with E-state index in [-0.39, 0.29) is 12.2 Å². The Morgan fingerprint density at radius 3 is 3.07 bits per heavy atom. The van der Waals surface area contributed by atoms with Crippen LogP contribution in [0.1, 0.15) is 5.56 Å². The number of carbonyl (C=O) groups excluding carboxylic acids is 1. The first-order chi connectivity index (χ1) is 6.72. The molecule has 3 nitrogen and oxygen atoms in total. The Balaban J connectivity index is 2.66. The highest BCUT2D eigenvalue weighted by molar-refractivity contribution is 5.80. The van der Waals surface area contributed by atoms with Gasteiger partial charge in [0.05, 0.1) is 11.7 Å². The van der Waals surface area contributed by atoms with Crippen LogP contribution in [0.4, 0.5) is 4.39 Å². The number of carbonyl (C=O) groups is 1. The summed E-state index contributed by atoms with van der Waals surface area (Å²) in [6.45, 7) is 0. The molecule has 1 aromatic carbocycles. The van der Waals surface area contributed by atoms with Crippen LogP contribution in [0.25, 0.3) is 10.9 Å². The van der Waals surface area contributed by atoms with E-state index in [2.05, 4.69) is 5.10 Å². The van der Waals surface area contributed by atoms with E-state index in [0.717, 1.165) is 10.9 Å². The zero-order chi connectivity index (χ0) is 10.1. The van der Waals surface area contributed by atoms with Crippen molar-refractivity contribution in [3.05, 3.63) is 29.7 Å². The highest BCUT2D eigenvalue weighted by Crippen LogP contribution is 2.18. The molecule has 1 aromatic heterocycles. The Morgan fingerprint density at radius 1 is 1.57 bits per heavy atom. The van der Waals surface area contributed by atoms with E-state index < -0.39 is 0 Å². The van der Waals surface area contributed by atoms with Crippen molar-refractivity contribution in [2.45, 2.75) is 6.42 Å². The smallest absolute Gasteiger partial charge is 0.129 e. The molecule has 0 saturated heterocycles. The molecule has 72 valence electrons. The van der Waals surface area contributed by atoms with Crippen LogP contribution in [0.3, 0.4) is 0 Å². The van der Waals surface area contributed by atoms with Gasteiger partial charge in [-0.2, -0.15) is 5.10 Å². The minimum atomic E-state index is -0.354. The fraction of sp³-hybridized carbons (Fsp3) is 0.200. The summed E-state index contributed by atoms with van der Waals surface area (Å²) in [6.07, 6.45) is 2.46. The van der Waals surface area contributed by atoms with E-state index in [0.29, 0.717) is 11.8 Å². The third-order valence-electron chi connectivity index (χ3n) is 2.22. The Kier molecular flexibility index (Phi) is 2.04. The molecule has 0 radical (unpaired) electrons. The van der Waals surface area contributed by atoms with Gasteiger partial charge in [-0.1, -0.05) is 0 Å². The fourth-order valence-electron chi connectivity index (χ4n) is 1.47. The molecule has 0 amide bonds. The Hall–Kier alpha value is -1.71. The first-order valence-electron chi connectivity index (χ1n) is 4.26. The molecule has 0 fully saturated rings. The molecule has 2 rings (SSSR count). The molecule has 2 aromatic rings. The number of benzene rings is 1. The summed E-state index contributed by atoms with van der Waals surface area (Å²) in [7, 11) is 1.75. The summed E-state index contributed by atoms with van der Waals surface area (Å²) in [6, 6.07) is 3.06. The number of fused-ring (bicyclic) bond motifs is 1. The number of aryl methyl sites for hydroxylation is 1. The normalized spacial score (nSPS) is 10.7.